The first kappa shape index (κ1) is 21.7. The van der Waals surface area contributed by atoms with Crippen LogP contribution in [0.25, 0.3) is 0 Å². The standard InChI is InChI=1S/C19H25N3O5S/c1-14(17(23)22(2)19(13-20)11-7-4-8-12-19)27-18(24)15-9-5-6-10-16(15)21-28(3,25)26/h5-6,9-10,14,21H,4,7-8,11-12H2,1-3H3/t14-/m1/s1. The Morgan fingerprint density at radius 3 is 2.43 bits per heavy atom. The van der Waals surface area contributed by atoms with Gasteiger partial charge in [0.15, 0.2) is 6.10 Å². The summed E-state index contributed by atoms with van der Waals surface area (Å²) >= 11 is 0. The van der Waals surface area contributed by atoms with E-state index in [2.05, 4.69) is 10.8 Å². The smallest absolute Gasteiger partial charge is 0.341 e. The third kappa shape index (κ3) is 5.01. The Labute approximate surface area is 165 Å². The molecule has 1 fully saturated rings. The van der Waals surface area contributed by atoms with Crippen LogP contribution in [-0.4, -0.2) is 50.1 Å². The average molecular weight is 407 g/mol. The highest BCUT2D eigenvalue weighted by atomic mass is 32.2. The lowest BCUT2D eigenvalue weighted by Gasteiger charge is -2.39. The molecule has 9 heteroatoms. The summed E-state index contributed by atoms with van der Waals surface area (Å²) in [6.45, 7) is 1.44. The summed E-state index contributed by atoms with van der Waals surface area (Å²) in [5, 5.41) is 9.63. The Morgan fingerprint density at radius 1 is 1.25 bits per heavy atom. The summed E-state index contributed by atoms with van der Waals surface area (Å²) in [4.78, 5) is 26.7. The number of anilines is 1. The molecule has 0 saturated heterocycles. The largest absolute Gasteiger partial charge is 0.449 e. The quantitative estimate of drug-likeness (QED) is 0.723. The number of benzene rings is 1. The van der Waals surface area contributed by atoms with Crippen molar-refractivity contribution in [2.75, 3.05) is 18.0 Å². The van der Waals surface area contributed by atoms with Gasteiger partial charge in [-0.15, -0.1) is 0 Å². The van der Waals surface area contributed by atoms with Crippen LogP contribution in [-0.2, 0) is 19.6 Å². The zero-order valence-electron chi connectivity index (χ0n) is 16.3. The summed E-state index contributed by atoms with van der Waals surface area (Å²) in [5.74, 6) is -1.29. The van der Waals surface area contributed by atoms with Gasteiger partial charge in [-0.2, -0.15) is 5.26 Å². The van der Waals surface area contributed by atoms with Crippen molar-refractivity contribution in [1.29, 1.82) is 5.26 Å². The van der Waals surface area contributed by atoms with Crippen LogP contribution in [0, 0.1) is 11.3 Å². The molecule has 1 aromatic rings. The summed E-state index contributed by atoms with van der Waals surface area (Å²) in [6, 6.07) is 8.25. The molecule has 1 atom stereocenters. The van der Waals surface area contributed by atoms with Gasteiger partial charge in [-0.1, -0.05) is 31.4 Å². The molecule has 1 aromatic carbocycles. The fourth-order valence-electron chi connectivity index (χ4n) is 3.37. The van der Waals surface area contributed by atoms with Crippen LogP contribution in [0.1, 0.15) is 49.4 Å². The number of rotatable bonds is 6. The number of para-hydroxylation sites is 1. The van der Waals surface area contributed by atoms with E-state index < -0.39 is 33.5 Å². The highest BCUT2D eigenvalue weighted by Gasteiger charge is 2.40. The first-order chi connectivity index (χ1) is 13.1. The average Bonchev–Trinajstić information content (AvgIpc) is 2.66. The van der Waals surface area contributed by atoms with Crippen molar-refractivity contribution in [3.05, 3.63) is 29.8 Å². The monoisotopic (exact) mass is 407 g/mol. The third-order valence-corrected chi connectivity index (χ3v) is 5.53. The van der Waals surface area contributed by atoms with E-state index >= 15 is 0 Å². The van der Waals surface area contributed by atoms with E-state index in [1.165, 1.54) is 24.0 Å². The first-order valence-electron chi connectivity index (χ1n) is 9.06. The van der Waals surface area contributed by atoms with Gasteiger partial charge in [-0.05, 0) is 31.9 Å². The van der Waals surface area contributed by atoms with Crippen LogP contribution in [0.5, 0.6) is 0 Å². The molecule has 0 spiro atoms. The van der Waals surface area contributed by atoms with Gasteiger partial charge in [0.1, 0.15) is 5.54 Å². The molecule has 0 heterocycles. The van der Waals surface area contributed by atoms with E-state index in [9.17, 15) is 23.3 Å². The number of hydrogen-bond acceptors (Lipinski definition) is 6. The topological polar surface area (TPSA) is 117 Å². The number of nitriles is 1. The molecule has 1 saturated carbocycles. The summed E-state index contributed by atoms with van der Waals surface area (Å²) in [6.07, 6.45) is 3.80. The van der Waals surface area contributed by atoms with Crippen LogP contribution in [0.2, 0.25) is 0 Å². The summed E-state index contributed by atoms with van der Waals surface area (Å²) < 4.78 is 30.5. The predicted molar refractivity (Wildman–Crippen MR) is 104 cm³/mol. The van der Waals surface area contributed by atoms with Crippen LogP contribution in [0.4, 0.5) is 5.69 Å². The van der Waals surface area contributed by atoms with Crippen molar-refractivity contribution in [2.45, 2.75) is 50.7 Å². The van der Waals surface area contributed by atoms with Gasteiger partial charge < -0.3 is 9.64 Å². The van der Waals surface area contributed by atoms with E-state index in [1.54, 1.807) is 19.2 Å². The van der Waals surface area contributed by atoms with Gasteiger partial charge in [0.25, 0.3) is 5.91 Å². The zero-order valence-corrected chi connectivity index (χ0v) is 17.1. The minimum Gasteiger partial charge on any atom is -0.449 e. The minimum absolute atomic E-state index is 0.00268. The van der Waals surface area contributed by atoms with Crippen molar-refractivity contribution in [1.82, 2.24) is 4.90 Å². The number of hydrogen-bond donors (Lipinski definition) is 1. The molecule has 152 valence electrons. The Bertz CT molecular complexity index is 885. The van der Waals surface area contributed by atoms with Gasteiger partial charge in [0.05, 0.1) is 23.6 Å². The van der Waals surface area contributed by atoms with E-state index in [-0.39, 0.29) is 11.3 Å². The van der Waals surface area contributed by atoms with Gasteiger partial charge >= 0.3 is 5.97 Å². The van der Waals surface area contributed by atoms with Crippen LogP contribution in [0.3, 0.4) is 0 Å². The van der Waals surface area contributed by atoms with Crippen LogP contribution < -0.4 is 4.72 Å². The molecule has 0 aromatic heterocycles. The fraction of sp³-hybridized carbons (Fsp3) is 0.526. The second-order valence-electron chi connectivity index (χ2n) is 7.07. The number of ether oxygens (including phenoxy) is 1. The number of sulfonamides is 1. The molecule has 1 N–H and O–H groups in total. The minimum atomic E-state index is -3.59. The lowest BCUT2D eigenvalue weighted by molar-refractivity contribution is -0.143. The Kier molecular flexibility index (Phi) is 6.67. The summed E-state index contributed by atoms with van der Waals surface area (Å²) in [7, 11) is -2.03. The number of esters is 1. The molecule has 0 bridgehead atoms. The van der Waals surface area contributed by atoms with E-state index in [0.717, 1.165) is 25.5 Å². The Hall–Kier alpha value is -2.60. The molecule has 8 nitrogen and oxygen atoms in total. The number of carbonyl (C=O) groups is 2. The van der Waals surface area contributed by atoms with Crippen molar-refractivity contribution < 1.29 is 22.7 Å². The third-order valence-electron chi connectivity index (χ3n) is 4.94. The molecule has 1 amide bonds. The van der Waals surface area contributed by atoms with Crippen molar-refractivity contribution in [2.24, 2.45) is 0 Å². The number of carbonyl (C=O) groups excluding carboxylic acids is 2. The lowest BCUT2D eigenvalue weighted by Crippen LogP contribution is -2.53. The number of likely N-dealkylation sites (N-methyl/N-ethyl adjacent to an activating group) is 1. The number of nitrogens with zero attached hydrogens (tertiary/aromatic N) is 2. The molecule has 0 radical (unpaired) electrons. The van der Waals surface area contributed by atoms with Gasteiger partial charge in [-0.25, -0.2) is 13.2 Å². The molecule has 0 unspecified atom stereocenters. The second kappa shape index (κ2) is 8.61. The van der Waals surface area contributed by atoms with Crippen LogP contribution >= 0.6 is 0 Å². The van der Waals surface area contributed by atoms with Gasteiger partial charge in [-0.3, -0.25) is 9.52 Å². The van der Waals surface area contributed by atoms with Crippen molar-refractivity contribution in [3.8, 4) is 6.07 Å². The zero-order chi connectivity index (χ0) is 20.9. The number of amides is 1. The fourth-order valence-corrected chi connectivity index (χ4v) is 3.94. The van der Waals surface area contributed by atoms with E-state index in [1.807, 2.05) is 0 Å². The van der Waals surface area contributed by atoms with Crippen LogP contribution in [0.15, 0.2) is 24.3 Å². The Balaban J connectivity index is 2.14. The second-order valence-corrected chi connectivity index (χ2v) is 8.82. The molecule has 1 aliphatic rings. The predicted octanol–water partition coefficient (Wildman–Crippen LogP) is 2.29. The molecule has 2 rings (SSSR count). The Morgan fingerprint density at radius 2 is 1.86 bits per heavy atom. The maximum absolute atomic E-state index is 12.8. The maximum atomic E-state index is 12.8. The molecule has 0 aliphatic heterocycles. The first-order valence-corrected chi connectivity index (χ1v) is 11.0. The molecular weight excluding hydrogens is 382 g/mol. The molecule has 28 heavy (non-hydrogen) atoms. The summed E-state index contributed by atoms with van der Waals surface area (Å²) in [5.41, 5.74) is -0.808. The van der Waals surface area contributed by atoms with E-state index in [4.69, 9.17) is 4.74 Å². The molecular formula is C19H25N3O5S. The lowest BCUT2D eigenvalue weighted by atomic mass is 9.81. The van der Waals surface area contributed by atoms with E-state index in [0.29, 0.717) is 12.8 Å². The van der Waals surface area contributed by atoms with Gasteiger partial charge in [0.2, 0.25) is 10.0 Å². The molecule has 1 aliphatic carbocycles. The normalized spacial score (nSPS) is 17.1. The van der Waals surface area contributed by atoms with Gasteiger partial charge in [0, 0.05) is 7.05 Å². The maximum Gasteiger partial charge on any atom is 0.341 e. The highest BCUT2D eigenvalue weighted by Crippen LogP contribution is 2.33. The van der Waals surface area contributed by atoms with Crippen molar-refractivity contribution >= 4 is 27.6 Å². The number of nitrogens with one attached hydrogen (secondary N) is 1. The van der Waals surface area contributed by atoms with Crippen molar-refractivity contribution in [3.63, 3.8) is 0 Å². The SMILES string of the molecule is C[C@@H](OC(=O)c1ccccc1NS(C)(=O)=O)C(=O)N(C)C1(C#N)CCCCC1. The highest BCUT2D eigenvalue weighted by molar-refractivity contribution is 7.92.